The third-order valence-corrected chi connectivity index (χ3v) is 3.97. The lowest BCUT2D eigenvalue weighted by Crippen LogP contribution is -2.08. The lowest BCUT2D eigenvalue weighted by Gasteiger charge is -2.05. The Bertz CT molecular complexity index is 929. The van der Waals surface area contributed by atoms with Gasteiger partial charge in [0.15, 0.2) is 18.2 Å². The number of esters is 1. The van der Waals surface area contributed by atoms with Crippen LogP contribution in [0.4, 0.5) is 4.39 Å². The summed E-state index contributed by atoms with van der Waals surface area (Å²) in [7, 11) is 1.37. The number of carbonyl (C=O) groups is 1. The Morgan fingerprint density at radius 1 is 1.27 bits per heavy atom. The maximum Gasteiger partial charge on any atom is 0.310 e. The van der Waals surface area contributed by atoms with Crippen molar-refractivity contribution in [2.45, 2.75) is 13.0 Å². The van der Waals surface area contributed by atoms with Crippen LogP contribution < -0.4 is 4.74 Å². The van der Waals surface area contributed by atoms with E-state index in [1.54, 1.807) is 6.07 Å². The largest absolute Gasteiger partial charge is 0.494 e. The minimum absolute atomic E-state index is 0.0759. The summed E-state index contributed by atoms with van der Waals surface area (Å²) in [6.45, 7) is -0.154. The van der Waals surface area contributed by atoms with Crippen molar-refractivity contribution >= 4 is 21.9 Å². The summed E-state index contributed by atoms with van der Waals surface area (Å²) in [5.74, 6) is -0.373. The molecule has 0 atom stereocenters. The predicted molar refractivity (Wildman–Crippen MR) is 93.9 cm³/mol. The first-order valence-electron chi connectivity index (χ1n) is 7.61. The fourth-order valence-corrected chi connectivity index (χ4v) is 2.64. The van der Waals surface area contributed by atoms with Crippen LogP contribution >= 0.6 is 15.9 Å². The Labute approximate surface area is 157 Å². The van der Waals surface area contributed by atoms with Crippen molar-refractivity contribution in [2.24, 2.45) is 0 Å². The first-order chi connectivity index (χ1) is 12.5. The van der Waals surface area contributed by atoms with Gasteiger partial charge in [-0.2, -0.15) is 4.98 Å². The van der Waals surface area contributed by atoms with Gasteiger partial charge in [0.05, 0.1) is 13.5 Å². The van der Waals surface area contributed by atoms with E-state index in [2.05, 4.69) is 26.1 Å². The first-order valence-corrected chi connectivity index (χ1v) is 8.41. The van der Waals surface area contributed by atoms with Crippen LogP contribution in [-0.2, 0) is 22.6 Å². The molecule has 3 aromatic rings. The van der Waals surface area contributed by atoms with E-state index in [4.69, 9.17) is 14.0 Å². The normalized spacial score (nSPS) is 10.6. The smallest absolute Gasteiger partial charge is 0.310 e. The van der Waals surface area contributed by atoms with Gasteiger partial charge >= 0.3 is 5.97 Å². The number of methoxy groups -OCH3 is 1. The number of ether oxygens (including phenoxy) is 2. The zero-order valence-electron chi connectivity index (χ0n) is 13.7. The van der Waals surface area contributed by atoms with E-state index in [1.807, 2.05) is 24.3 Å². The topological polar surface area (TPSA) is 74.5 Å². The molecule has 2 aromatic carbocycles. The zero-order valence-corrected chi connectivity index (χ0v) is 15.3. The van der Waals surface area contributed by atoms with E-state index in [1.165, 1.54) is 19.2 Å². The number of hydrogen-bond acceptors (Lipinski definition) is 6. The third kappa shape index (κ3) is 4.45. The molecule has 0 unspecified atom stereocenters. The molecule has 0 spiro atoms. The standard InChI is InChI=1S/C18H14BrFN2O4/c1-24-15-6-5-11(7-14(15)20)8-17(23)25-10-16-21-18(22-26-16)12-3-2-4-13(19)9-12/h2-7,9H,8,10H2,1H3. The Balaban J connectivity index is 1.57. The minimum atomic E-state index is -0.534. The molecule has 0 radical (unpaired) electrons. The zero-order chi connectivity index (χ0) is 18.5. The Hall–Kier alpha value is -2.74. The molecule has 0 aliphatic carbocycles. The fraction of sp³-hybridized carbons (Fsp3) is 0.167. The lowest BCUT2D eigenvalue weighted by atomic mass is 10.1. The number of benzene rings is 2. The highest BCUT2D eigenvalue weighted by Crippen LogP contribution is 2.21. The molecule has 134 valence electrons. The van der Waals surface area contributed by atoms with Gasteiger partial charge in [0, 0.05) is 10.0 Å². The van der Waals surface area contributed by atoms with Crippen molar-refractivity contribution in [3.63, 3.8) is 0 Å². The molecule has 26 heavy (non-hydrogen) atoms. The second-order valence-corrected chi connectivity index (χ2v) is 6.24. The molecule has 3 rings (SSSR count). The van der Waals surface area contributed by atoms with Gasteiger partial charge < -0.3 is 14.0 Å². The van der Waals surface area contributed by atoms with Gasteiger partial charge in [0.25, 0.3) is 5.89 Å². The van der Waals surface area contributed by atoms with Crippen LogP contribution in [0.1, 0.15) is 11.5 Å². The van der Waals surface area contributed by atoms with Gasteiger partial charge in [-0.15, -0.1) is 0 Å². The molecule has 0 saturated carbocycles. The summed E-state index contributed by atoms with van der Waals surface area (Å²) in [5.41, 5.74) is 1.25. The first kappa shape index (κ1) is 18.1. The van der Waals surface area contributed by atoms with Gasteiger partial charge in [0.2, 0.25) is 5.82 Å². The number of halogens is 2. The van der Waals surface area contributed by atoms with Crippen molar-refractivity contribution in [1.29, 1.82) is 0 Å². The number of aromatic nitrogens is 2. The van der Waals surface area contributed by atoms with E-state index in [0.717, 1.165) is 10.0 Å². The average Bonchev–Trinajstić information content (AvgIpc) is 3.09. The molecule has 0 bridgehead atoms. The predicted octanol–water partition coefficient (Wildman–Crippen LogP) is 3.93. The maximum atomic E-state index is 13.6. The van der Waals surface area contributed by atoms with Crippen molar-refractivity contribution in [1.82, 2.24) is 10.1 Å². The second kappa shape index (κ2) is 8.09. The Morgan fingerprint density at radius 2 is 2.12 bits per heavy atom. The van der Waals surface area contributed by atoms with E-state index >= 15 is 0 Å². The summed E-state index contributed by atoms with van der Waals surface area (Å²) in [6.07, 6.45) is -0.0759. The number of nitrogens with zero attached hydrogens (tertiary/aromatic N) is 2. The van der Waals surface area contributed by atoms with Crippen LogP contribution in [0.5, 0.6) is 5.75 Å². The molecule has 1 heterocycles. The highest BCUT2D eigenvalue weighted by atomic mass is 79.9. The van der Waals surface area contributed by atoms with Crippen LogP contribution in [0.2, 0.25) is 0 Å². The summed E-state index contributed by atoms with van der Waals surface area (Å²) in [4.78, 5) is 16.1. The summed E-state index contributed by atoms with van der Waals surface area (Å²) < 4.78 is 29.5. The second-order valence-electron chi connectivity index (χ2n) is 5.33. The van der Waals surface area contributed by atoms with Crippen LogP contribution in [-0.4, -0.2) is 23.2 Å². The van der Waals surface area contributed by atoms with Crippen LogP contribution in [0.25, 0.3) is 11.4 Å². The lowest BCUT2D eigenvalue weighted by molar-refractivity contribution is -0.144. The van der Waals surface area contributed by atoms with Gasteiger partial charge in [0.1, 0.15) is 0 Å². The monoisotopic (exact) mass is 420 g/mol. The van der Waals surface area contributed by atoms with E-state index in [0.29, 0.717) is 11.4 Å². The van der Waals surface area contributed by atoms with Crippen molar-refractivity contribution in [2.75, 3.05) is 7.11 Å². The van der Waals surface area contributed by atoms with Crippen LogP contribution in [0.3, 0.4) is 0 Å². The number of hydrogen-bond donors (Lipinski definition) is 0. The van der Waals surface area contributed by atoms with Gasteiger partial charge in [-0.1, -0.05) is 39.3 Å². The molecule has 0 aliphatic heterocycles. The molecular formula is C18H14BrFN2O4. The Morgan fingerprint density at radius 3 is 2.85 bits per heavy atom. The summed E-state index contributed by atoms with van der Waals surface area (Å²) in [5, 5.41) is 3.86. The van der Waals surface area contributed by atoms with Crippen molar-refractivity contribution in [3.8, 4) is 17.1 Å². The molecule has 8 heteroatoms. The summed E-state index contributed by atoms with van der Waals surface area (Å²) >= 11 is 3.37. The number of rotatable bonds is 6. The van der Waals surface area contributed by atoms with E-state index in [-0.39, 0.29) is 24.7 Å². The maximum absolute atomic E-state index is 13.6. The highest BCUT2D eigenvalue weighted by Gasteiger charge is 2.13. The van der Waals surface area contributed by atoms with Crippen LogP contribution in [0.15, 0.2) is 51.5 Å². The highest BCUT2D eigenvalue weighted by molar-refractivity contribution is 9.10. The SMILES string of the molecule is COc1ccc(CC(=O)OCc2nc(-c3cccc(Br)c3)no2)cc1F. The van der Waals surface area contributed by atoms with Gasteiger partial charge in [-0.25, -0.2) is 4.39 Å². The average molecular weight is 421 g/mol. The van der Waals surface area contributed by atoms with Gasteiger partial charge in [-0.05, 0) is 29.8 Å². The van der Waals surface area contributed by atoms with Crippen LogP contribution in [0, 0.1) is 5.82 Å². The molecule has 6 nitrogen and oxygen atoms in total. The van der Waals surface area contributed by atoms with E-state index in [9.17, 15) is 9.18 Å². The van der Waals surface area contributed by atoms with E-state index < -0.39 is 11.8 Å². The molecule has 0 aliphatic rings. The van der Waals surface area contributed by atoms with Crippen molar-refractivity contribution in [3.05, 3.63) is 64.2 Å². The molecule has 0 N–H and O–H groups in total. The molecule has 0 fully saturated rings. The third-order valence-electron chi connectivity index (χ3n) is 3.47. The Kier molecular flexibility index (Phi) is 5.62. The van der Waals surface area contributed by atoms with Gasteiger partial charge in [-0.3, -0.25) is 4.79 Å². The molecule has 0 amide bonds. The minimum Gasteiger partial charge on any atom is -0.494 e. The van der Waals surface area contributed by atoms with Crippen molar-refractivity contribution < 1.29 is 23.2 Å². The molecule has 0 saturated heterocycles. The molecule has 1 aromatic heterocycles. The quantitative estimate of drug-likeness (QED) is 0.562. The summed E-state index contributed by atoms with van der Waals surface area (Å²) in [6, 6.07) is 11.7. The number of carbonyl (C=O) groups excluding carboxylic acids is 1. The fourth-order valence-electron chi connectivity index (χ4n) is 2.24. The molecular weight excluding hydrogens is 407 g/mol.